The molecular weight excluding hydrogens is 250 g/mol. The molecule has 0 fully saturated rings. The molecule has 1 aromatic carbocycles. The van der Waals surface area contributed by atoms with Crippen LogP contribution in [-0.4, -0.2) is 45.7 Å². The second-order valence-electron chi connectivity index (χ2n) is 4.43. The number of hydrogen-bond acceptors (Lipinski definition) is 4. The lowest BCUT2D eigenvalue weighted by Crippen LogP contribution is -2.14. The minimum absolute atomic E-state index is 0.742. The van der Waals surface area contributed by atoms with Crippen LogP contribution in [0, 0.1) is 0 Å². The zero-order chi connectivity index (χ0) is 13.0. The fraction of sp³-hybridized carbons (Fsp3) is 0.417. The second-order valence-corrected chi connectivity index (χ2v) is 4.87. The molecule has 2 rings (SSSR count). The number of hydrogen-bond donors (Lipinski definition) is 0. The molecule has 1 heterocycles. The average molecular weight is 266 g/mol. The predicted octanol–water partition coefficient (Wildman–Crippen LogP) is 1.81. The number of benzene rings is 1. The molecule has 0 spiro atoms. The van der Waals surface area contributed by atoms with Crippen LogP contribution >= 0.6 is 11.6 Å². The van der Waals surface area contributed by atoms with Crippen molar-refractivity contribution < 1.29 is 0 Å². The van der Waals surface area contributed by atoms with Crippen molar-refractivity contribution in [2.24, 2.45) is 0 Å². The number of halogens is 1. The van der Waals surface area contributed by atoms with Crippen molar-refractivity contribution in [3.63, 3.8) is 0 Å². The van der Waals surface area contributed by atoms with E-state index in [4.69, 9.17) is 11.6 Å². The van der Waals surface area contributed by atoms with Gasteiger partial charge in [0.2, 0.25) is 0 Å². The molecule has 0 saturated carbocycles. The van der Waals surface area contributed by atoms with E-state index in [9.17, 15) is 0 Å². The molecule has 0 aliphatic heterocycles. The Morgan fingerprint density at radius 3 is 2.83 bits per heavy atom. The van der Waals surface area contributed by atoms with E-state index in [-0.39, 0.29) is 0 Å². The van der Waals surface area contributed by atoms with Crippen LogP contribution in [0.3, 0.4) is 0 Å². The molecule has 0 aliphatic rings. The van der Waals surface area contributed by atoms with E-state index >= 15 is 0 Å². The van der Waals surface area contributed by atoms with Crippen LogP contribution in [0.4, 0.5) is 0 Å². The van der Waals surface area contributed by atoms with Crippen LogP contribution in [0.5, 0.6) is 0 Å². The summed E-state index contributed by atoms with van der Waals surface area (Å²) in [4.78, 5) is 2.17. The highest BCUT2D eigenvalue weighted by atomic mass is 35.5. The third-order valence-electron chi connectivity index (χ3n) is 2.69. The Balaban J connectivity index is 2.19. The van der Waals surface area contributed by atoms with E-state index < -0.39 is 0 Å². The largest absolute Gasteiger partial charge is 0.309 e. The Bertz CT molecular complexity index is 495. The maximum Gasteiger partial charge on any atom is 0.143 e. The Kier molecular flexibility index (Phi) is 4.28. The van der Waals surface area contributed by atoms with Crippen molar-refractivity contribution in [2.75, 3.05) is 20.6 Å². The van der Waals surface area contributed by atoms with Crippen molar-refractivity contribution in [1.82, 2.24) is 25.1 Å². The summed E-state index contributed by atoms with van der Waals surface area (Å²) in [7, 11) is 4.14. The first-order valence-electron chi connectivity index (χ1n) is 5.83. The minimum Gasteiger partial charge on any atom is -0.309 e. The lowest BCUT2D eigenvalue weighted by atomic mass is 10.1. The third kappa shape index (κ3) is 3.27. The fourth-order valence-corrected chi connectivity index (χ4v) is 2.03. The van der Waals surface area contributed by atoms with Gasteiger partial charge in [-0.2, -0.15) is 0 Å². The highest BCUT2D eigenvalue weighted by Crippen LogP contribution is 2.20. The normalized spacial score (nSPS) is 11.1. The summed E-state index contributed by atoms with van der Waals surface area (Å²) in [6, 6.07) is 5.78. The van der Waals surface area contributed by atoms with Gasteiger partial charge in [-0.25, -0.2) is 4.68 Å². The molecule has 18 heavy (non-hydrogen) atoms. The summed E-state index contributed by atoms with van der Waals surface area (Å²) in [5.41, 5.74) is 2.15. The minimum atomic E-state index is 0.742. The quantitative estimate of drug-likeness (QED) is 0.827. The average Bonchev–Trinajstić information content (AvgIpc) is 2.82. The van der Waals surface area contributed by atoms with E-state index in [1.165, 1.54) is 0 Å². The van der Waals surface area contributed by atoms with E-state index in [0.717, 1.165) is 35.7 Å². The van der Waals surface area contributed by atoms with Crippen LogP contribution in [0.2, 0.25) is 5.02 Å². The Labute approximate surface area is 111 Å². The van der Waals surface area contributed by atoms with Gasteiger partial charge in [0.1, 0.15) is 6.33 Å². The predicted molar refractivity (Wildman–Crippen MR) is 71.0 cm³/mol. The van der Waals surface area contributed by atoms with Gasteiger partial charge in [0.25, 0.3) is 0 Å². The maximum absolute atomic E-state index is 6.05. The standard InChI is InChI=1S/C12H16ClN5/c1-17(2)7-3-4-10-8-11(13)5-6-12(10)18-9-14-15-16-18/h5-6,8-9H,3-4,7H2,1-2H3. The maximum atomic E-state index is 6.05. The number of aryl methyl sites for hydroxylation is 1. The van der Waals surface area contributed by atoms with Gasteiger partial charge in [-0.15, -0.1) is 5.10 Å². The fourth-order valence-electron chi connectivity index (χ4n) is 1.84. The van der Waals surface area contributed by atoms with Gasteiger partial charge in [-0.1, -0.05) is 11.6 Å². The summed E-state index contributed by atoms with van der Waals surface area (Å²) in [6.45, 7) is 1.04. The van der Waals surface area contributed by atoms with Gasteiger partial charge in [-0.05, 0) is 67.7 Å². The first kappa shape index (κ1) is 13.0. The number of tetrazole rings is 1. The SMILES string of the molecule is CN(C)CCCc1cc(Cl)ccc1-n1cnnn1. The summed E-state index contributed by atoms with van der Waals surface area (Å²) in [5.74, 6) is 0. The zero-order valence-corrected chi connectivity index (χ0v) is 11.3. The lowest BCUT2D eigenvalue weighted by Gasteiger charge is -2.12. The molecule has 0 atom stereocenters. The molecule has 96 valence electrons. The molecule has 6 heteroatoms. The summed E-state index contributed by atoms with van der Waals surface area (Å²) < 4.78 is 1.67. The van der Waals surface area contributed by atoms with Gasteiger partial charge >= 0.3 is 0 Å². The molecule has 0 bridgehead atoms. The molecule has 0 amide bonds. The van der Waals surface area contributed by atoms with Gasteiger partial charge in [0.05, 0.1) is 5.69 Å². The molecule has 0 N–H and O–H groups in total. The first-order valence-corrected chi connectivity index (χ1v) is 6.21. The van der Waals surface area contributed by atoms with E-state index in [0.29, 0.717) is 0 Å². The number of nitrogens with zero attached hydrogens (tertiary/aromatic N) is 5. The van der Waals surface area contributed by atoms with E-state index in [2.05, 4.69) is 34.5 Å². The van der Waals surface area contributed by atoms with Crippen molar-refractivity contribution in [1.29, 1.82) is 0 Å². The Hall–Kier alpha value is -1.46. The Morgan fingerprint density at radius 1 is 1.33 bits per heavy atom. The van der Waals surface area contributed by atoms with Crippen molar-refractivity contribution in [3.8, 4) is 5.69 Å². The molecule has 2 aromatic rings. The van der Waals surface area contributed by atoms with E-state index in [1.54, 1.807) is 11.0 Å². The smallest absolute Gasteiger partial charge is 0.143 e. The number of rotatable bonds is 5. The lowest BCUT2D eigenvalue weighted by molar-refractivity contribution is 0.400. The first-order chi connectivity index (χ1) is 8.66. The van der Waals surface area contributed by atoms with Crippen molar-refractivity contribution in [2.45, 2.75) is 12.8 Å². The molecule has 1 aromatic heterocycles. The van der Waals surface area contributed by atoms with Gasteiger partial charge in [0, 0.05) is 5.02 Å². The second kappa shape index (κ2) is 5.93. The molecule has 0 unspecified atom stereocenters. The van der Waals surface area contributed by atoms with Crippen molar-refractivity contribution in [3.05, 3.63) is 35.1 Å². The van der Waals surface area contributed by atoms with Crippen LogP contribution in [0.15, 0.2) is 24.5 Å². The van der Waals surface area contributed by atoms with Gasteiger partial charge in [0.15, 0.2) is 0 Å². The molecule has 0 aliphatic carbocycles. The third-order valence-corrected chi connectivity index (χ3v) is 2.92. The highest BCUT2D eigenvalue weighted by molar-refractivity contribution is 6.30. The molecule has 0 saturated heterocycles. The summed E-state index contributed by atoms with van der Waals surface area (Å²) in [6.07, 6.45) is 3.62. The molecular formula is C12H16ClN5. The van der Waals surface area contributed by atoms with Gasteiger partial charge < -0.3 is 4.90 Å². The topological polar surface area (TPSA) is 46.8 Å². The van der Waals surface area contributed by atoms with Gasteiger partial charge in [-0.3, -0.25) is 0 Å². The van der Waals surface area contributed by atoms with E-state index in [1.807, 2.05) is 18.2 Å². The van der Waals surface area contributed by atoms with Crippen LogP contribution < -0.4 is 0 Å². The zero-order valence-electron chi connectivity index (χ0n) is 10.5. The summed E-state index contributed by atoms with van der Waals surface area (Å²) >= 11 is 6.05. The van der Waals surface area contributed by atoms with Crippen LogP contribution in [0.25, 0.3) is 5.69 Å². The molecule has 0 radical (unpaired) electrons. The van der Waals surface area contributed by atoms with Crippen LogP contribution in [0.1, 0.15) is 12.0 Å². The summed E-state index contributed by atoms with van der Waals surface area (Å²) in [5, 5.41) is 12.0. The monoisotopic (exact) mass is 265 g/mol. The Morgan fingerprint density at radius 2 is 2.17 bits per heavy atom. The highest BCUT2D eigenvalue weighted by Gasteiger charge is 2.07. The number of aromatic nitrogens is 4. The van der Waals surface area contributed by atoms with Crippen LogP contribution in [-0.2, 0) is 6.42 Å². The molecule has 5 nitrogen and oxygen atoms in total. The van der Waals surface area contributed by atoms with Crippen molar-refractivity contribution >= 4 is 11.6 Å².